The molecule has 0 saturated heterocycles. The van der Waals surface area contributed by atoms with Gasteiger partial charge in [-0.1, -0.05) is 12.1 Å². The van der Waals surface area contributed by atoms with Crippen molar-refractivity contribution in [2.45, 2.75) is 25.8 Å². The molecule has 2 aromatic heterocycles. The Kier molecular flexibility index (Phi) is 4.41. The Morgan fingerprint density at radius 2 is 2.11 bits per heavy atom. The van der Waals surface area contributed by atoms with Crippen molar-refractivity contribution in [1.29, 1.82) is 0 Å². The molecule has 0 aliphatic carbocycles. The molecule has 0 radical (unpaired) electrons. The summed E-state index contributed by atoms with van der Waals surface area (Å²) in [6.07, 6.45) is 7.51. The average molecular weight is 245 g/mol. The fraction of sp³-hybridized carbons (Fsp3) is 0.462. The van der Waals surface area contributed by atoms with Crippen LogP contribution in [0.5, 0.6) is 0 Å². The van der Waals surface area contributed by atoms with Crippen LogP contribution in [-0.2, 0) is 13.5 Å². The summed E-state index contributed by atoms with van der Waals surface area (Å²) in [5, 5.41) is 11.5. The first kappa shape index (κ1) is 12.7. The fourth-order valence-corrected chi connectivity index (χ4v) is 1.97. The minimum Gasteiger partial charge on any atom is -0.308 e. The lowest BCUT2D eigenvalue weighted by atomic mass is 10.0. The molecular weight excluding hydrogens is 226 g/mol. The molecule has 1 atom stereocenters. The third-order valence-corrected chi connectivity index (χ3v) is 2.94. The molecule has 0 saturated carbocycles. The lowest BCUT2D eigenvalue weighted by Crippen LogP contribution is -2.26. The summed E-state index contributed by atoms with van der Waals surface area (Å²) >= 11 is 0. The average Bonchev–Trinajstić information content (AvgIpc) is 2.82. The zero-order valence-electron chi connectivity index (χ0n) is 10.9. The Balaban J connectivity index is 2.13. The van der Waals surface area contributed by atoms with Crippen LogP contribution in [0.15, 0.2) is 30.7 Å². The first-order valence-electron chi connectivity index (χ1n) is 6.28. The van der Waals surface area contributed by atoms with Crippen LogP contribution in [0.25, 0.3) is 0 Å². The van der Waals surface area contributed by atoms with Gasteiger partial charge in [-0.2, -0.15) is 0 Å². The molecule has 2 aromatic rings. The van der Waals surface area contributed by atoms with Crippen LogP contribution in [0.4, 0.5) is 0 Å². The second kappa shape index (κ2) is 6.26. The van der Waals surface area contributed by atoms with Crippen molar-refractivity contribution < 1.29 is 0 Å². The standard InChI is InChI=1S/C13H19N5/c1-3-6-15-12(13-10-16-17-18(13)2)9-11-4-7-14-8-5-11/h4-5,7-8,10,12,15H,3,6,9H2,1-2H3. The van der Waals surface area contributed by atoms with Gasteiger partial charge in [0, 0.05) is 19.4 Å². The molecule has 0 aliphatic heterocycles. The lowest BCUT2D eigenvalue weighted by Gasteiger charge is -2.18. The number of hydrogen-bond acceptors (Lipinski definition) is 4. The molecule has 5 nitrogen and oxygen atoms in total. The van der Waals surface area contributed by atoms with Gasteiger partial charge in [-0.15, -0.1) is 5.10 Å². The number of hydrogen-bond donors (Lipinski definition) is 1. The zero-order valence-corrected chi connectivity index (χ0v) is 10.9. The molecule has 96 valence electrons. The predicted octanol–water partition coefficient (Wildman–Crippen LogP) is 1.49. The van der Waals surface area contributed by atoms with Crippen LogP contribution in [-0.4, -0.2) is 26.5 Å². The molecule has 5 heteroatoms. The summed E-state index contributed by atoms with van der Waals surface area (Å²) < 4.78 is 1.83. The quantitative estimate of drug-likeness (QED) is 0.838. The fourth-order valence-electron chi connectivity index (χ4n) is 1.97. The van der Waals surface area contributed by atoms with Crippen molar-refractivity contribution >= 4 is 0 Å². The summed E-state index contributed by atoms with van der Waals surface area (Å²) in [5.74, 6) is 0. The molecule has 0 aromatic carbocycles. The van der Waals surface area contributed by atoms with Gasteiger partial charge in [0.1, 0.15) is 0 Å². The highest BCUT2D eigenvalue weighted by Gasteiger charge is 2.15. The van der Waals surface area contributed by atoms with Crippen LogP contribution in [0.3, 0.4) is 0 Å². The van der Waals surface area contributed by atoms with Gasteiger partial charge in [0.15, 0.2) is 0 Å². The molecule has 0 aliphatic rings. The molecule has 18 heavy (non-hydrogen) atoms. The van der Waals surface area contributed by atoms with E-state index >= 15 is 0 Å². The minimum atomic E-state index is 0.243. The van der Waals surface area contributed by atoms with Crippen molar-refractivity contribution in [3.05, 3.63) is 42.0 Å². The number of nitrogens with zero attached hydrogens (tertiary/aromatic N) is 4. The van der Waals surface area contributed by atoms with Crippen molar-refractivity contribution in [2.75, 3.05) is 6.54 Å². The van der Waals surface area contributed by atoms with Crippen LogP contribution in [0, 0.1) is 0 Å². The third kappa shape index (κ3) is 3.13. The highest BCUT2D eigenvalue weighted by molar-refractivity contribution is 5.15. The molecule has 0 bridgehead atoms. The molecule has 2 rings (SSSR count). The first-order valence-corrected chi connectivity index (χ1v) is 6.28. The molecule has 0 fully saturated rings. The summed E-state index contributed by atoms with van der Waals surface area (Å²) in [4.78, 5) is 4.04. The monoisotopic (exact) mass is 245 g/mol. The van der Waals surface area contributed by atoms with Crippen molar-refractivity contribution in [2.24, 2.45) is 7.05 Å². The van der Waals surface area contributed by atoms with E-state index in [2.05, 4.69) is 27.5 Å². The SMILES string of the molecule is CCCNC(Cc1ccncc1)c1cnnn1C. The number of pyridine rings is 1. The van der Waals surface area contributed by atoms with E-state index in [9.17, 15) is 0 Å². The molecule has 1 unspecified atom stereocenters. The van der Waals surface area contributed by atoms with Crippen LogP contribution < -0.4 is 5.32 Å². The van der Waals surface area contributed by atoms with Crippen molar-refractivity contribution in [3.63, 3.8) is 0 Å². The van der Waals surface area contributed by atoms with Crippen LogP contribution in [0.1, 0.15) is 30.6 Å². The third-order valence-electron chi connectivity index (χ3n) is 2.94. The maximum atomic E-state index is 4.04. The first-order chi connectivity index (χ1) is 8.81. The predicted molar refractivity (Wildman–Crippen MR) is 70.0 cm³/mol. The maximum absolute atomic E-state index is 4.04. The van der Waals surface area contributed by atoms with E-state index in [4.69, 9.17) is 0 Å². The molecule has 0 amide bonds. The van der Waals surface area contributed by atoms with Crippen LogP contribution in [0.2, 0.25) is 0 Å². The molecule has 0 spiro atoms. The smallest absolute Gasteiger partial charge is 0.0756 e. The van der Waals surface area contributed by atoms with Gasteiger partial charge in [-0.25, -0.2) is 0 Å². The Morgan fingerprint density at radius 3 is 2.72 bits per heavy atom. The molecule has 2 heterocycles. The number of aryl methyl sites for hydroxylation is 1. The van der Waals surface area contributed by atoms with E-state index in [1.807, 2.05) is 42.5 Å². The summed E-state index contributed by atoms with van der Waals surface area (Å²) in [6.45, 7) is 3.15. The summed E-state index contributed by atoms with van der Waals surface area (Å²) in [7, 11) is 1.93. The summed E-state index contributed by atoms with van der Waals surface area (Å²) in [5.41, 5.74) is 2.38. The Bertz CT molecular complexity index is 465. The summed E-state index contributed by atoms with van der Waals surface area (Å²) in [6, 6.07) is 4.34. The van der Waals surface area contributed by atoms with E-state index in [0.29, 0.717) is 0 Å². The highest BCUT2D eigenvalue weighted by atomic mass is 15.4. The van der Waals surface area contributed by atoms with Gasteiger partial charge in [0.2, 0.25) is 0 Å². The van der Waals surface area contributed by atoms with Gasteiger partial charge in [0.25, 0.3) is 0 Å². The maximum Gasteiger partial charge on any atom is 0.0756 e. The number of rotatable bonds is 6. The second-order valence-electron chi connectivity index (χ2n) is 4.35. The van der Waals surface area contributed by atoms with Crippen molar-refractivity contribution in [3.8, 4) is 0 Å². The van der Waals surface area contributed by atoms with Crippen LogP contribution >= 0.6 is 0 Å². The lowest BCUT2D eigenvalue weighted by molar-refractivity contribution is 0.492. The van der Waals surface area contributed by atoms with E-state index < -0.39 is 0 Å². The van der Waals surface area contributed by atoms with Gasteiger partial charge < -0.3 is 5.32 Å². The van der Waals surface area contributed by atoms with Crippen molar-refractivity contribution in [1.82, 2.24) is 25.3 Å². The minimum absolute atomic E-state index is 0.243. The van der Waals surface area contributed by atoms with E-state index in [1.54, 1.807) is 0 Å². The Morgan fingerprint density at radius 1 is 1.33 bits per heavy atom. The normalized spacial score (nSPS) is 12.6. The van der Waals surface area contributed by atoms with E-state index in [0.717, 1.165) is 25.1 Å². The topological polar surface area (TPSA) is 55.6 Å². The second-order valence-corrected chi connectivity index (χ2v) is 4.35. The Hall–Kier alpha value is -1.75. The van der Waals surface area contributed by atoms with Gasteiger partial charge in [-0.3, -0.25) is 9.67 Å². The highest BCUT2D eigenvalue weighted by Crippen LogP contribution is 2.16. The van der Waals surface area contributed by atoms with Gasteiger partial charge in [-0.05, 0) is 37.1 Å². The van der Waals surface area contributed by atoms with E-state index in [1.165, 1.54) is 5.56 Å². The molecular formula is C13H19N5. The van der Waals surface area contributed by atoms with Gasteiger partial charge >= 0.3 is 0 Å². The largest absolute Gasteiger partial charge is 0.308 e. The molecule has 1 N–H and O–H groups in total. The van der Waals surface area contributed by atoms with E-state index in [-0.39, 0.29) is 6.04 Å². The number of aromatic nitrogens is 4. The number of nitrogens with one attached hydrogen (secondary N) is 1. The van der Waals surface area contributed by atoms with Gasteiger partial charge in [0.05, 0.1) is 17.9 Å². The zero-order chi connectivity index (χ0) is 12.8. The Labute approximate surface area is 107 Å².